The maximum Gasteiger partial charge on any atom is 0.342 e. The monoisotopic (exact) mass is 296 g/mol. The number of rotatable bonds is 5. The van der Waals surface area contributed by atoms with Gasteiger partial charge in [0, 0.05) is 23.0 Å². The van der Waals surface area contributed by atoms with Crippen LogP contribution in [-0.4, -0.2) is 33.0 Å². The molecule has 1 atom stereocenters. The first-order chi connectivity index (χ1) is 9.41. The van der Waals surface area contributed by atoms with Crippen LogP contribution in [0.15, 0.2) is 18.2 Å². The van der Waals surface area contributed by atoms with Crippen molar-refractivity contribution < 1.29 is 14.8 Å². The van der Waals surface area contributed by atoms with Crippen molar-refractivity contribution in [3.05, 3.63) is 33.9 Å². The van der Waals surface area contributed by atoms with Gasteiger partial charge in [-0.25, -0.2) is 4.79 Å². The van der Waals surface area contributed by atoms with Gasteiger partial charge in [0.05, 0.1) is 4.92 Å². The Kier molecular flexibility index (Phi) is 4.17. The molecule has 0 radical (unpaired) electrons. The molecular formula is C13H16N2O4S. The second-order valence-corrected chi connectivity index (χ2v) is 6.73. The molecule has 1 aromatic carbocycles. The molecule has 1 heterocycles. The third-order valence-electron chi connectivity index (χ3n) is 3.39. The fourth-order valence-corrected chi connectivity index (χ4v) is 3.49. The van der Waals surface area contributed by atoms with Crippen LogP contribution in [0.1, 0.15) is 30.1 Å². The van der Waals surface area contributed by atoms with E-state index in [1.807, 2.05) is 11.8 Å². The molecule has 20 heavy (non-hydrogen) atoms. The molecule has 0 spiro atoms. The van der Waals surface area contributed by atoms with E-state index >= 15 is 0 Å². The van der Waals surface area contributed by atoms with Crippen LogP contribution in [0.25, 0.3) is 0 Å². The number of hydrogen-bond donors (Lipinski definition) is 2. The van der Waals surface area contributed by atoms with E-state index in [4.69, 9.17) is 5.11 Å². The highest BCUT2D eigenvalue weighted by Gasteiger charge is 2.29. The van der Waals surface area contributed by atoms with Crippen LogP contribution in [0.4, 0.5) is 11.4 Å². The minimum atomic E-state index is -1.29. The molecular weight excluding hydrogens is 280 g/mol. The summed E-state index contributed by atoms with van der Waals surface area (Å²) < 4.78 is 0.144. The maximum atomic E-state index is 11.1. The van der Waals surface area contributed by atoms with Crippen LogP contribution in [0.3, 0.4) is 0 Å². The van der Waals surface area contributed by atoms with Crippen LogP contribution >= 0.6 is 11.8 Å². The minimum Gasteiger partial charge on any atom is -0.477 e. The highest BCUT2D eigenvalue weighted by Crippen LogP contribution is 2.37. The molecule has 1 fully saturated rings. The molecule has 0 aromatic heterocycles. The van der Waals surface area contributed by atoms with E-state index in [-0.39, 0.29) is 16.0 Å². The van der Waals surface area contributed by atoms with Gasteiger partial charge in [0.25, 0.3) is 5.69 Å². The Morgan fingerprint density at radius 1 is 1.60 bits per heavy atom. The summed E-state index contributed by atoms with van der Waals surface area (Å²) in [6.07, 6.45) is 2.30. The van der Waals surface area contributed by atoms with Crippen molar-refractivity contribution in [2.75, 3.05) is 17.6 Å². The number of carbonyl (C=O) groups is 1. The van der Waals surface area contributed by atoms with E-state index < -0.39 is 10.9 Å². The van der Waals surface area contributed by atoms with Crippen molar-refractivity contribution in [3.63, 3.8) is 0 Å². The molecule has 1 aromatic rings. The van der Waals surface area contributed by atoms with E-state index in [0.29, 0.717) is 12.2 Å². The number of nitrogens with one attached hydrogen (secondary N) is 1. The zero-order chi connectivity index (χ0) is 14.8. The molecule has 0 saturated carbocycles. The van der Waals surface area contributed by atoms with Gasteiger partial charge in [0.15, 0.2) is 0 Å². The molecule has 0 amide bonds. The molecule has 1 aliphatic rings. The zero-order valence-electron chi connectivity index (χ0n) is 11.1. The van der Waals surface area contributed by atoms with Gasteiger partial charge >= 0.3 is 5.97 Å². The molecule has 108 valence electrons. The number of aromatic carboxylic acids is 1. The number of carboxylic acid groups (broad SMARTS) is 1. The first-order valence-electron chi connectivity index (χ1n) is 6.31. The predicted molar refractivity (Wildman–Crippen MR) is 78.6 cm³/mol. The van der Waals surface area contributed by atoms with Gasteiger partial charge in [-0.2, -0.15) is 11.8 Å². The number of thioether (sulfide) groups is 1. The predicted octanol–water partition coefficient (Wildman–Crippen LogP) is 2.99. The van der Waals surface area contributed by atoms with E-state index in [9.17, 15) is 14.9 Å². The minimum absolute atomic E-state index is 0.144. The standard InChI is InChI=1S/C13H16N2O4S/c1-13(5-2-6-20-13)8-14-9-3-4-11(15(18)19)10(7-9)12(16)17/h3-4,7,14H,2,5-6,8H2,1H3,(H,16,17). The summed E-state index contributed by atoms with van der Waals surface area (Å²) >= 11 is 1.90. The number of hydrogen-bond acceptors (Lipinski definition) is 5. The number of benzene rings is 1. The van der Waals surface area contributed by atoms with Crippen LogP contribution in [0.5, 0.6) is 0 Å². The van der Waals surface area contributed by atoms with Gasteiger partial charge in [-0.3, -0.25) is 10.1 Å². The van der Waals surface area contributed by atoms with E-state index in [1.54, 1.807) is 6.07 Å². The second-order valence-electron chi connectivity index (χ2n) is 5.05. The Balaban J connectivity index is 2.15. The summed E-state index contributed by atoms with van der Waals surface area (Å²) in [6, 6.07) is 4.10. The van der Waals surface area contributed by atoms with Crippen LogP contribution in [0.2, 0.25) is 0 Å². The van der Waals surface area contributed by atoms with Crippen LogP contribution in [-0.2, 0) is 0 Å². The van der Waals surface area contributed by atoms with Crippen molar-refractivity contribution in [2.45, 2.75) is 24.5 Å². The largest absolute Gasteiger partial charge is 0.477 e. The third-order valence-corrected chi connectivity index (χ3v) is 4.93. The van der Waals surface area contributed by atoms with Crippen molar-refractivity contribution >= 4 is 29.1 Å². The molecule has 2 rings (SSSR count). The lowest BCUT2D eigenvalue weighted by molar-refractivity contribution is -0.385. The highest BCUT2D eigenvalue weighted by atomic mass is 32.2. The fourth-order valence-electron chi connectivity index (χ4n) is 2.24. The first-order valence-corrected chi connectivity index (χ1v) is 7.29. The van der Waals surface area contributed by atoms with Crippen molar-refractivity contribution in [3.8, 4) is 0 Å². The lowest BCUT2D eigenvalue weighted by Crippen LogP contribution is -2.27. The van der Waals surface area contributed by atoms with Gasteiger partial charge < -0.3 is 10.4 Å². The molecule has 1 aliphatic heterocycles. The zero-order valence-corrected chi connectivity index (χ0v) is 11.9. The van der Waals surface area contributed by atoms with Gasteiger partial charge in [0.2, 0.25) is 0 Å². The fraction of sp³-hybridized carbons (Fsp3) is 0.462. The molecule has 1 saturated heterocycles. The molecule has 1 unspecified atom stereocenters. The number of nitro benzene ring substituents is 1. The Morgan fingerprint density at radius 3 is 2.90 bits per heavy atom. The van der Waals surface area contributed by atoms with Gasteiger partial charge in [-0.05, 0) is 37.7 Å². The number of nitro groups is 1. The number of anilines is 1. The summed E-state index contributed by atoms with van der Waals surface area (Å²) in [5.41, 5.74) is -0.0737. The van der Waals surface area contributed by atoms with E-state index in [1.165, 1.54) is 18.6 Å². The number of nitrogens with zero attached hydrogens (tertiary/aromatic N) is 1. The Labute approximate surface area is 120 Å². The smallest absolute Gasteiger partial charge is 0.342 e. The van der Waals surface area contributed by atoms with Crippen molar-refractivity contribution in [1.29, 1.82) is 0 Å². The average Bonchev–Trinajstić information content (AvgIpc) is 2.83. The Hall–Kier alpha value is -1.76. The van der Waals surface area contributed by atoms with Gasteiger partial charge in [-0.1, -0.05) is 0 Å². The summed E-state index contributed by atoms with van der Waals surface area (Å²) in [6.45, 7) is 2.88. The average molecular weight is 296 g/mol. The molecule has 2 N–H and O–H groups in total. The molecule has 7 heteroatoms. The topological polar surface area (TPSA) is 92.5 Å². The number of carboxylic acids is 1. The lowest BCUT2D eigenvalue weighted by atomic mass is 10.1. The molecule has 0 aliphatic carbocycles. The van der Waals surface area contributed by atoms with Crippen LogP contribution < -0.4 is 5.32 Å². The highest BCUT2D eigenvalue weighted by molar-refractivity contribution is 8.00. The summed E-state index contributed by atoms with van der Waals surface area (Å²) in [4.78, 5) is 21.2. The van der Waals surface area contributed by atoms with Crippen molar-refractivity contribution in [1.82, 2.24) is 0 Å². The van der Waals surface area contributed by atoms with E-state index in [2.05, 4.69) is 12.2 Å². The first kappa shape index (κ1) is 14.6. The molecule has 0 bridgehead atoms. The summed E-state index contributed by atoms with van der Waals surface area (Å²) in [5, 5.41) is 23.0. The summed E-state index contributed by atoms with van der Waals surface area (Å²) in [5.74, 6) is -0.152. The van der Waals surface area contributed by atoms with Crippen molar-refractivity contribution in [2.24, 2.45) is 0 Å². The second kappa shape index (κ2) is 5.70. The van der Waals surface area contributed by atoms with E-state index in [0.717, 1.165) is 12.2 Å². The third kappa shape index (κ3) is 3.22. The summed E-state index contributed by atoms with van der Waals surface area (Å²) in [7, 11) is 0. The van der Waals surface area contributed by atoms with Crippen LogP contribution in [0, 0.1) is 10.1 Å². The van der Waals surface area contributed by atoms with Gasteiger partial charge in [-0.15, -0.1) is 0 Å². The SMILES string of the molecule is CC1(CNc2ccc([N+](=O)[O-])c(C(=O)O)c2)CCCS1. The maximum absolute atomic E-state index is 11.1. The molecule has 6 nitrogen and oxygen atoms in total. The Morgan fingerprint density at radius 2 is 2.35 bits per heavy atom. The van der Waals surface area contributed by atoms with Gasteiger partial charge in [0.1, 0.15) is 5.56 Å². The Bertz CT molecular complexity index is 541. The normalized spacial score (nSPS) is 21.6. The lowest BCUT2D eigenvalue weighted by Gasteiger charge is -2.23. The quantitative estimate of drug-likeness (QED) is 0.641.